The summed E-state index contributed by atoms with van der Waals surface area (Å²) in [6.45, 7) is 8.75. The van der Waals surface area contributed by atoms with Crippen LogP contribution in [0.1, 0.15) is 26.2 Å². The molecule has 1 aliphatic heterocycles. The van der Waals surface area contributed by atoms with Gasteiger partial charge in [-0.25, -0.2) is 5.57 Å². The molecule has 0 aromatic heterocycles. The standard InChI is InChI=1S/C10H17O3.C2H5S.Y/c1-9(2)7-11-8-13-10-5-3-4-6-12-10;1-3-2;/h1,10H,3-8H2,2H3;1H2,2H3;/q2*-1;. The molecule has 1 unspecified atom stereocenters. The zero-order valence-corrected chi connectivity index (χ0v) is 14.5. The molecule has 1 atom stereocenters. The van der Waals surface area contributed by atoms with E-state index in [0.717, 1.165) is 25.0 Å². The van der Waals surface area contributed by atoms with E-state index in [4.69, 9.17) is 20.8 Å². The predicted octanol–water partition coefficient (Wildman–Crippen LogP) is 3.02. The molecule has 3 nitrogen and oxygen atoms in total. The van der Waals surface area contributed by atoms with Gasteiger partial charge >= 0.3 is 0 Å². The molecule has 1 rings (SSSR count). The molecule has 1 aliphatic rings. The second-order valence-electron chi connectivity index (χ2n) is 3.56. The molecule has 0 aromatic carbocycles. The van der Waals surface area contributed by atoms with Crippen molar-refractivity contribution in [3.8, 4) is 0 Å². The number of thioether (sulfide) groups is 1. The maximum atomic E-state index is 5.42. The van der Waals surface area contributed by atoms with Gasteiger partial charge in [-0.1, -0.05) is 6.92 Å². The molecule has 5 heteroatoms. The van der Waals surface area contributed by atoms with E-state index in [-0.39, 0.29) is 45.8 Å². The molecule has 1 saturated heterocycles. The van der Waals surface area contributed by atoms with Crippen molar-refractivity contribution in [2.24, 2.45) is 0 Å². The van der Waals surface area contributed by atoms with Gasteiger partial charge in [0.2, 0.25) is 0 Å². The largest absolute Gasteiger partial charge is 0.512 e. The molecule has 0 aromatic rings. The van der Waals surface area contributed by atoms with Gasteiger partial charge in [0.1, 0.15) is 6.79 Å². The Bertz CT molecular complexity index is 173. The Morgan fingerprint density at radius 1 is 1.53 bits per heavy atom. The smallest absolute Gasteiger partial charge is 0.160 e. The molecule has 0 amide bonds. The van der Waals surface area contributed by atoms with Gasteiger partial charge in [-0.2, -0.15) is 0 Å². The first-order chi connectivity index (χ1) is 7.70. The Morgan fingerprint density at radius 2 is 2.18 bits per heavy atom. The van der Waals surface area contributed by atoms with Gasteiger partial charge in [0.15, 0.2) is 6.29 Å². The summed E-state index contributed by atoms with van der Waals surface area (Å²) in [5.74, 6) is 0. The summed E-state index contributed by atoms with van der Waals surface area (Å²) in [6, 6.07) is 0. The summed E-state index contributed by atoms with van der Waals surface area (Å²) >= 11 is 1.50. The van der Waals surface area contributed by atoms with E-state index in [1.165, 1.54) is 18.2 Å². The van der Waals surface area contributed by atoms with Crippen LogP contribution in [-0.2, 0) is 46.9 Å². The maximum absolute atomic E-state index is 5.42. The van der Waals surface area contributed by atoms with E-state index in [2.05, 4.69) is 6.26 Å². The molecule has 0 aliphatic carbocycles. The summed E-state index contributed by atoms with van der Waals surface area (Å²) in [7, 11) is 0. The van der Waals surface area contributed by atoms with Gasteiger partial charge in [0.25, 0.3) is 0 Å². The van der Waals surface area contributed by atoms with Crippen LogP contribution in [0.5, 0.6) is 0 Å². The van der Waals surface area contributed by atoms with Crippen LogP contribution >= 0.6 is 11.8 Å². The normalized spacial score (nSPS) is 18.6. The molecule has 1 heterocycles. The van der Waals surface area contributed by atoms with Crippen LogP contribution in [0.4, 0.5) is 0 Å². The second-order valence-corrected chi connectivity index (χ2v) is 4.14. The van der Waals surface area contributed by atoms with Crippen LogP contribution in [0.2, 0.25) is 0 Å². The van der Waals surface area contributed by atoms with E-state index in [1.54, 1.807) is 0 Å². The summed E-state index contributed by atoms with van der Waals surface area (Å²) < 4.78 is 15.8. The Hall–Kier alpha value is 1.07. The molecule has 17 heavy (non-hydrogen) atoms. The maximum Gasteiger partial charge on any atom is 0.160 e. The first-order valence-electron chi connectivity index (χ1n) is 5.37. The van der Waals surface area contributed by atoms with Crippen molar-refractivity contribution in [2.45, 2.75) is 32.5 Å². The van der Waals surface area contributed by atoms with Crippen LogP contribution in [0.25, 0.3) is 0 Å². The number of rotatable bonds is 5. The number of hydrogen-bond acceptors (Lipinski definition) is 4. The van der Waals surface area contributed by atoms with Crippen molar-refractivity contribution in [3.63, 3.8) is 0 Å². The van der Waals surface area contributed by atoms with Gasteiger partial charge < -0.3 is 32.6 Å². The molecular formula is C12H22O3SY-2. The summed E-state index contributed by atoms with van der Waals surface area (Å²) in [5.41, 5.74) is 0.758. The monoisotopic (exact) mass is 335 g/mol. The summed E-state index contributed by atoms with van der Waals surface area (Å²) in [6.07, 6.45) is 8.53. The topological polar surface area (TPSA) is 27.7 Å². The molecular weight excluding hydrogens is 313 g/mol. The number of ether oxygens (including phenoxy) is 3. The van der Waals surface area contributed by atoms with Gasteiger partial charge in [-0.3, -0.25) is 6.26 Å². The van der Waals surface area contributed by atoms with Crippen molar-refractivity contribution >= 4 is 11.8 Å². The van der Waals surface area contributed by atoms with Crippen LogP contribution < -0.4 is 0 Å². The Morgan fingerprint density at radius 3 is 2.65 bits per heavy atom. The third-order valence-electron chi connectivity index (χ3n) is 1.80. The fourth-order valence-electron chi connectivity index (χ4n) is 1.17. The quantitative estimate of drug-likeness (QED) is 0.439. The molecule has 0 bridgehead atoms. The van der Waals surface area contributed by atoms with Crippen LogP contribution in [-0.4, -0.2) is 32.6 Å². The summed E-state index contributed by atoms with van der Waals surface area (Å²) in [4.78, 5) is 0. The minimum absolute atomic E-state index is 0. The molecule has 1 radical (unpaired) electrons. The van der Waals surface area contributed by atoms with Gasteiger partial charge in [-0.05, 0) is 25.5 Å². The van der Waals surface area contributed by atoms with Crippen molar-refractivity contribution in [3.05, 3.63) is 18.4 Å². The first kappa shape index (κ1) is 20.4. The van der Waals surface area contributed by atoms with Crippen molar-refractivity contribution in [1.29, 1.82) is 0 Å². The van der Waals surface area contributed by atoms with Gasteiger partial charge in [0, 0.05) is 45.9 Å². The van der Waals surface area contributed by atoms with Crippen molar-refractivity contribution in [2.75, 3.05) is 26.3 Å². The minimum atomic E-state index is -0.0770. The van der Waals surface area contributed by atoms with Gasteiger partial charge in [0.05, 0.1) is 0 Å². The van der Waals surface area contributed by atoms with E-state index in [0.29, 0.717) is 6.61 Å². The Labute approximate surface area is 135 Å². The van der Waals surface area contributed by atoms with E-state index in [1.807, 2.05) is 13.2 Å². The van der Waals surface area contributed by atoms with E-state index < -0.39 is 0 Å². The second kappa shape index (κ2) is 15.1. The fraction of sp³-hybridized carbons (Fsp3) is 0.750. The average Bonchev–Trinajstić information content (AvgIpc) is 2.27. The van der Waals surface area contributed by atoms with Gasteiger partial charge in [-0.15, -0.1) is 0 Å². The van der Waals surface area contributed by atoms with Crippen molar-refractivity contribution in [1.82, 2.24) is 0 Å². The van der Waals surface area contributed by atoms with Crippen LogP contribution in [0.3, 0.4) is 0 Å². The zero-order valence-electron chi connectivity index (χ0n) is 10.8. The fourth-order valence-corrected chi connectivity index (χ4v) is 1.17. The Balaban J connectivity index is 0. The predicted molar refractivity (Wildman–Crippen MR) is 67.9 cm³/mol. The average molecular weight is 335 g/mol. The van der Waals surface area contributed by atoms with Crippen molar-refractivity contribution < 1.29 is 46.9 Å². The van der Waals surface area contributed by atoms with E-state index in [9.17, 15) is 0 Å². The SMILES string of the molecule is [CH-]=C(C)COCOC1CCCCO1.[CH2-]SC.[Y]. The third-order valence-corrected chi connectivity index (χ3v) is 1.80. The molecule has 0 saturated carbocycles. The Kier molecular flexibility index (Phi) is 18.2. The molecule has 0 N–H and O–H groups in total. The molecule has 99 valence electrons. The summed E-state index contributed by atoms with van der Waals surface area (Å²) in [5, 5.41) is 0. The molecule has 0 spiro atoms. The van der Waals surface area contributed by atoms with Crippen LogP contribution in [0, 0.1) is 12.8 Å². The third kappa shape index (κ3) is 15.0. The minimum Gasteiger partial charge on any atom is -0.512 e. The molecule has 1 fully saturated rings. The first-order valence-corrected chi connectivity index (χ1v) is 6.77. The van der Waals surface area contributed by atoms with Crippen LogP contribution in [0.15, 0.2) is 5.57 Å². The zero-order chi connectivity index (χ0) is 12.2. The number of hydrogen-bond donors (Lipinski definition) is 0. The van der Waals surface area contributed by atoms with E-state index >= 15 is 0 Å².